The fourth-order valence-corrected chi connectivity index (χ4v) is 2.48. The van der Waals surface area contributed by atoms with Crippen molar-refractivity contribution in [1.29, 1.82) is 0 Å². The van der Waals surface area contributed by atoms with Crippen LogP contribution in [-0.4, -0.2) is 3.42 Å². The molecule has 1 aromatic rings. The molecular weight excluding hydrogens is 271 g/mol. The molecule has 1 aliphatic rings. The third-order valence-corrected chi connectivity index (χ3v) is 3.90. The van der Waals surface area contributed by atoms with E-state index in [1.165, 1.54) is 12.8 Å². The van der Waals surface area contributed by atoms with E-state index in [0.29, 0.717) is 3.42 Å². The van der Waals surface area contributed by atoms with Crippen LogP contribution in [0.15, 0.2) is 24.3 Å². The molecule has 0 heterocycles. The van der Waals surface area contributed by atoms with Crippen LogP contribution in [0.4, 0.5) is 0 Å². The van der Waals surface area contributed by atoms with Crippen LogP contribution in [0.1, 0.15) is 25.0 Å². The van der Waals surface area contributed by atoms with Gasteiger partial charge < -0.3 is 0 Å². The zero-order valence-electron chi connectivity index (χ0n) is 8.18. The third-order valence-electron chi connectivity index (χ3n) is 3.02. The van der Waals surface area contributed by atoms with Crippen LogP contribution in [-0.2, 0) is 12.8 Å². The molecule has 0 N–H and O–H groups in total. The van der Waals surface area contributed by atoms with Crippen LogP contribution in [0.3, 0.4) is 0 Å². The van der Waals surface area contributed by atoms with Crippen molar-refractivity contribution < 1.29 is 0 Å². The molecule has 0 aromatic heterocycles. The van der Waals surface area contributed by atoms with Crippen molar-refractivity contribution in [3.8, 4) is 0 Å². The molecule has 13 heavy (non-hydrogen) atoms. The van der Waals surface area contributed by atoms with Gasteiger partial charge in [-0.3, -0.25) is 0 Å². The minimum absolute atomic E-state index is 0.427. The van der Waals surface area contributed by atoms with Gasteiger partial charge >= 0.3 is 0 Å². The van der Waals surface area contributed by atoms with Crippen molar-refractivity contribution in [2.24, 2.45) is 5.92 Å². The molecule has 0 nitrogen and oxygen atoms in total. The van der Waals surface area contributed by atoms with Gasteiger partial charge in [-0.05, 0) is 29.9 Å². The van der Waals surface area contributed by atoms with Crippen LogP contribution in [0.25, 0.3) is 0 Å². The average Bonchev–Trinajstić information content (AvgIpc) is 2.45. The van der Waals surface area contributed by atoms with Crippen molar-refractivity contribution in [2.75, 3.05) is 0 Å². The van der Waals surface area contributed by atoms with Gasteiger partial charge in [0.15, 0.2) is 0 Å². The van der Waals surface area contributed by atoms with E-state index in [-0.39, 0.29) is 0 Å². The molecule has 0 saturated heterocycles. The number of hydrogen-bond acceptors (Lipinski definition) is 0. The highest BCUT2D eigenvalue weighted by molar-refractivity contribution is 14.1. The topological polar surface area (TPSA) is 0 Å². The van der Waals surface area contributed by atoms with E-state index >= 15 is 0 Å². The Balaban J connectivity index is 2.23. The number of fused-ring (bicyclic) bond motifs is 1. The molecule has 0 fully saturated rings. The van der Waals surface area contributed by atoms with Crippen LogP contribution >= 0.6 is 22.6 Å². The van der Waals surface area contributed by atoms with E-state index in [9.17, 15) is 0 Å². The smallest absolute Gasteiger partial charge is 0.0200 e. The first kappa shape index (κ1) is 9.50. The highest BCUT2D eigenvalue weighted by atomic mass is 127. The van der Waals surface area contributed by atoms with Crippen LogP contribution < -0.4 is 0 Å². The molecule has 1 aromatic carbocycles. The van der Waals surface area contributed by atoms with Crippen molar-refractivity contribution in [3.63, 3.8) is 0 Å². The predicted octanol–water partition coefficient (Wildman–Crippen LogP) is 3.62. The van der Waals surface area contributed by atoms with Crippen molar-refractivity contribution in [3.05, 3.63) is 35.4 Å². The van der Waals surface area contributed by atoms with Gasteiger partial charge in [0.25, 0.3) is 0 Å². The molecule has 0 spiro atoms. The number of rotatable bonds is 1. The maximum atomic E-state index is 2.58. The molecule has 2 rings (SSSR count). The number of alkyl halides is 1. The summed E-state index contributed by atoms with van der Waals surface area (Å²) in [6.45, 7) is 4.67. The maximum absolute atomic E-state index is 2.58. The van der Waals surface area contributed by atoms with Gasteiger partial charge in [0.1, 0.15) is 0 Å². The van der Waals surface area contributed by atoms with Gasteiger partial charge in [0, 0.05) is 3.42 Å². The minimum atomic E-state index is 0.427. The summed E-state index contributed by atoms with van der Waals surface area (Å²) in [5.74, 6) is 0.825. The molecule has 70 valence electrons. The summed E-state index contributed by atoms with van der Waals surface area (Å²) in [5, 5.41) is 0. The summed E-state index contributed by atoms with van der Waals surface area (Å²) in [6, 6.07) is 8.86. The molecular formula is C12H15I. The summed E-state index contributed by atoms with van der Waals surface area (Å²) >= 11 is 2.58. The molecule has 0 amide bonds. The SMILES string of the molecule is CC(C)(I)C1Cc2ccccc2C1. The van der Waals surface area contributed by atoms with E-state index in [1.54, 1.807) is 11.1 Å². The molecule has 0 saturated carbocycles. The lowest BCUT2D eigenvalue weighted by atomic mass is 9.93. The van der Waals surface area contributed by atoms with Gasteiger partial charge in [-0.2, -0.15) is 0 Å². The van der Waals surface area contributed by atoms with E-state index in [2.05, 4.69) is 60.7 Å². The summed E-state index contributed by atoms with van der Waals surface area (Å²) in [7, 11) is 0. The van der Waals surface area contributed by atoms with Crippen molar-refractivity contribution in [1.82, 2.24) is 0 Å². The lowest BCUT2D eigenvalue weighted by Crippen LogP contribution is -2.24. The molecule has 1 aliphatic carbocycles. The van der Waals surface area contributed by atoms with E-state index < -0.39 is 0 Å². The summed E-state index contributed by atoms with van der Waals surface area (Å²) in [6.07, 6.45) is 2.54. The number of halogens is 1. The Hall–Kier alpha value is -0.0500. The summed E-state index contributed by atoms with van der Waals surface area (Å²) < 4.78 is 0.427. The van der Waals surface area contributed by atoms with Crippen molar-refractivity contribution in [2.45, 2.75) is 30.1 Å². The maximum Gasteiger partial charge on any atom is 0.0200 e. The van der Waals surface area contributed by atoms with Crippen LogP contribution in [0.5, 0.6) is 0 Å². The van der Waals surface area contributed by atoms with Gasteiger partial charge in [-0.1, -0.05) is 60.7 Å². The molecule has 0 aliphatic heterocycles. The Morgan fingerprint density at radius 2 is 1.62 bits per heavy atom. The second-order valence-corrected chi connectivity index (χ2v) is 7.22. The Kier molecular flexibility index (Phi) is 2.39. The van der Waals surface area contributed by atoms with Crippen LogP contribution in [0, 0.1) is 5.92 Å². The Labute approximate surface area is 93.9 Å². The first-order valence-corrected chi connectivity index (χ1v) is 5.91. The molecule has 0 bridgehead atoms. The molecule has 0 unspecified atom stereocenters. The Morgan fingerprint density at radius 3 is 2.00 bits per heavy atom. The van der Waals surface area contributed by atoms with Gasteiger partial charge in [-0.25, -0.2) is 0 Å². The standard InChI is InChI=1S/C12H15I/c1-12(2,13)11-7-9-5-3-4-6-10(9)8-11/h3-6,11H,7-8H2,1-2H3. The van der Waals surface area contributed by atoms with E-state index in [1.807, 2.05) is 0 Å². The molecule has 1 heteroatoms. The fourth-order valence-electron chi connectivity index (χ4n) is 2.04. The van der Waals surface area contributed by atoms with Gasteiger partial charge in [-0.15, -0.1) is 0 Å². The Bertz CT molecular complexity index is 284. The average molecular weight is 286 g/mol. The third kappa shape index (κ3) is 1.90. The zero-order chi connectivity index (χ0) is 9.47. The first-order chi connectivity index (χ1) is 6.07. The zero-order valence-corrected chi connectivity index (χ0v) is 10.3. The normalized spacial score (nSPS) is 17.5. The highest BCUT2D eigenvalue weighted by Crippen LogP contribution is 2.38. The lowest BCUT2D eigenvalue weighted by molar-refractivity contribution is 0.465. The molecule has 0 atom stereocenters. The Morgan fingerprint density at radius 1 is 1.15 bits per heavy atom. The number of benzene rings is 1. The van der Waals surface area contributed by atoms with Crippen molar-refractivity contribution >= 4 is 22.6 Å². The van der Waals surface area contributed by atoms with E-state index in [0.717, 1.165) is 5.92 Å². The highest BCUT2D eigenvalue weighted by Gasteiger charge is 2.31. The van der Waals surface area contributed by atoms with Gasteiger partial charge in [0.2, 0.25) is 0 Å². The monoisotopic (exact) mass is 286 g/mol. The fraction of sp³-hybridized carbons (Fsp3) is 0.500. The summed E-state index contributed by atoms with van der Waals surface area (Å²) in [5.41, 5.74) is 3.13. The second-order valence-electron chi connectivity index (χ2n) is 4.44. The quantitative estimate of drug-likeness (QED) is 0.546. The molecule has 0 radical (unpaired) electrons. The summed E-state index contributed by atoms with van der Waals surface area (Å²) in [4.78, 5) is 0. The second kappa shape index (κ2) is 3.26. The number of hydrogen-bond donors (Lipinski definition) is 0. The van der Waals surface area contributed by atoms with E-state index in [4.69, 9.17) is 0 Å². The largest absolute Gasteiger partial charge is 0.0791 e. The lowest BCUT2D eigenvalue weighted by Gasteiger charge is -2.24. The van der Waals surface area contributed by atoms with Crippen LogP contribution in [0.2, 0.25) is 0 Å². The predicted molar refractivity (Wildman–Crippen MR) is 65.4 cm³/mol. The van der Waals surface area contributed by atoms with Gasteiger partial charge in [0.05, 0.1) is 0 Å². The first-order valence-electron chi connectivity index (χ1n) is 4.83. The minimum Gasteiger partial charge on any atom is -0.0791 e.